The van der Waals surface area contributed by atoms with Gasteiger partial charge in [-0.1, -0.05) is 0 Å². The summed E-state index contributed by atoms with van der Waals surface area (Å²) in [6, 6.07) is -10.1. The van der Waals surface area contributed by atoms with E-state index in [1.165, 1.54) is 13.8 Å². The van der Waals surface area contributed by atoms with Crippen molar-refractivity contribution < 1.29 is 267 Å². The van der Waals surface area contributed by atoms with Gasteiger partial charge in [-0.3, -0.25) is 24.0 Å². The van der Waals surface area contributed by atoms with Crippen LogP contribution in [0.25, 0.3) is 0 Å². The predicted octanol–water partition coefficient (Wildman–Crippen LogP) is -22.6. The van der Waals surface area contributed by atoms with Gasteiger partial charge in [0.25, 0.3) is 0 Å². The van der Waals surface area contributed by atoms with E-state index in [2.05, 4.69) is 26.6 Å². The van der Waals surface area contributed by atoms with Crippen molar-refractivity contribution >= 4 is 29.5 Å². The van der Waals surface area contributed by atoms with Gasteiger partial charge in [0.1, 0.15) is 250 Å². The van der Waals surface area contributed by atoms with Crippen LogP contribution in [0.2, 0.25) is 0 Å². The highest BCUT2D eigenvalue weighted by atomic mass is 16.8. The number of ether oxygens (including phenoxy) is 20. The van der Waals surface area contributed by atoms with Crippen LogP contribution in [0, 0.1) is 0 Å². The summed E-state index contributed by atoms with van der Waals surface area (Å²) in [4.78, 5) is 65.8. The van der Waals surface area contributed by atoms with Gasteiger partial charge in [-0.2, -0.15) is 0 Å². The molecule has 34 N–H and O–H groups in total. The summed E-state index contributed by atoms with van der Waals surface area (Å²) in [6.07, 6.45) is -107. The molecule has 10 rings (SSSR count). The largest absolute Gasteiger partial charge is 0.394 e. The molecule has 0 saturated carbocycles. The standard InChI is InChI=1S/C76H129N5O54/c1-18-39(96)50(107)55(112)71(118-18)116-16-26(95)59(41(98)25(8-82)77-20(3)90)128-69-37(80-23(6)93)49(106)60(32(14-88)125-69)129-74-58(115)64(133-76-66(54(111)46(103)31(13-87)124-76)135-68-36(79-22(5)92)48(105)43(100)28(10-84)121-68)62(130-67-35(78-21(4)91)47(104)42(99)27(9-83)120-67)34(127-74)17-117-75-65(53(110)45(102)30(12-86)123-75)134-70-38(81-24(7)94)63(132-72-56(113)51(108)40(97)19(2)119-72)61(33(15-89)126-70)131-73-57(114)52(109)44(101)29(11-85)122-73/h18-19,25-76,82-89,95-115H,8-17H2,1-7H3,(H,77,90)(H,78,91)(H,79,92)(H,80,93)(H,81,94)/t18-,19-,25-,26+,27+,28+,29+,30+,31+,32+,33+,34+,35+,36+,37+,38+,39+,40+,41+,42+,43+,44-,45+,46+,47+,48+,49+,50+,51+,52-,53-,54-,55-,56-,57+,58-,59+,60+,61+,62+,63+,64+,65-,66-,67-,68-,69-,70-,71+,72-,73-,74-,75-,76+/m0/s1. The molecule has 0 spiro atoms. The minimum absolute atomic E-state index is 0.859. The first-order valence-electron chi connectivity index (χ1n) is 43.3. The number of amides is 5. The van der Waals surface area contributed by atoms with Crippen molar-refractivity contribution in [1.82, 2.24) is 26.6 Å². The van der Waals surface area contributed by atoms with E-state index < -0.39 is 427 Å². The van der Waals surface area contributed by atoms with Crippen LogP contribution in [0.15, 0.2) is 0 Å². The number of carbonyl (C=O) groups excluding carboxylic acids is 5. The predicted molar refractivity (Wildman–Crippen MR) is 420 cm³/mol. The second-order valence-corrected chi connectivity index (χ2v) is 34.3. The van der Waals surface area contributed by atoms with Crippen molar-refractivity contribution in [2.24, 2.45) is 0 Å². The zero-order valence-corrected chi connectivity index (χ0v) is 73.4. The number of rotatable bonds is 38. The topological polar surface area (TPSA) is 917 Å². The van der Waals surface area contributed by atoms with Gasteiger partial charge in [0.2, 0.25) is 29.5 Å². The van der Waals surface area contributed by atoms with Crippen LogP contribution in [0.5, 0.6) is 0 Å². The van der Waals surface area contributed by atoms with Crippen LogP contribution in [-0.2, 0) is 119 Å². The average Bonchev–Trinajstić information content (AvgIpc) is 0.756. The van der Waals surface area contributed by atoms with Crippen LogP contribution >= 0.6 is 0 Å². The van der Waals surface area contributed by atoms with E-state index >= 15 is 0 Å². The fraction of sp³-hybridized carbons (Fsp3) is 0.934. The SMILES string of the molecule is CC(=O)N[C@H]1[C@H](O[C@@H]([C@H](O)[C@H](CO)NC(C)=O)[C@H](O)CO[C@@H]2O[C@@H](C)[C@@H](O)[C@@H](O)[C@@H]2O)O[C@H](CO)[C@@H](O[C@@H]2O[C@H](CO[C@H]3O[C@H](CO)[C@@H](O)[C@H](O)[C@@H]3O[C@@H]3O[C@H](CO)[C@@H](O[C@@H]4O[C@H](CO)[C@H](O)[C@H](O)[C@H]4O)[C@H](O[C@@H]4O[C@@H](C)[C@@H](O)[C@@H](O)[C@@H]4O)[C@H]3NC(C)=O)[C@@H](O[C@@H]3O[C@H](CO)[C@@H](O)[C@H](O)[C@H]3NC(C)=O)[C@H](O[C@H]3O[C@H](CO)[C@@H](O)[C@H](O)[C@@H]3O[C@@H]3O[C@H](CO)[C@@H](O)[C@H](O)[C@H]3NC(C)=O)[C@@H]2O)[C@@H]1O. The Morgan fingerprint density at radius 3 is 1.06 bits per heavy atom. The average molecular weight is 1980 g/mol. The zero-order chi connectivity index (χ0) is 99.8. The minimum Gasteiger partial charge on any atom is -0.394 e. The fourth-order valence-corrected chi connectivity index (χ4v) is 17.2. The molecule has 0 radical (unpaired) electrons. The first-order chi connectivity index (χ1) is 63.7. The summed E-state index contributed by atoms with van der Waals surface area (Å²) in [7, 11) is 0. The number of nitrogens with one attached hydrogen (secondary N) is 5. The van der Waals surface area contributed by atoms with Crippen LogP contribution in [0.4, 0.5) is 0 Å². The molecule has 10 aliphatic heterocycles. The van der Waals surface area contributed by atoms with Gasteiger partial charge < -0.3 is 269 Å². The lowest BCUT2D eigenvalue weighted by atomic mass is 9.93. The summed E-state index contributed by atoms with van der Waals surface area (Å²) < 4.78 is 123. The number of aliphatic hydroxyl groups excluding tert-OH is 29. The van der Waals surface area contributed by atoms with Crippen molar-refractivity contribution in [2.45, 2.75) is 380 Å². The molecule has 59 heteroatoms. The Balaban J connectivity index is 1.11. The number of carbonyl (C=O) groups is 5. The fourth-order valence-electron chi connectivity index (χ4n) is 17.2. The highest BCUT2D eigenvalue weighted by molar-refractivity contribution is 5.75. The normalized spacial score (nSPS) is 47.0. The van der Waals surface area contributed by atoms with Crippen molar-refractivity contribution in [1.29, 1.82) is 0 Å². The van der Waals surface area contributed by atoms with Crippen molar-refractivity contribution in [3.8, 4) is 0 Å². The molecule has 135 heavy (non-hydrogen) atoms. The van der Waals surface area contributed by atoms with Crippen molar-refractivity contribution in [3.63, 3.8) is 0 Å². The maximum absolute atomic E-state index is 13.7. The summed E-state index contributed by atoms with van der Waals surface area (Å²) in [5.74, 6) is -5.03. The molecule has 0 bridgehead atoms. The minimum atomic E-state index is -2.82. The van der Waals surface area contributed by atoms with E-state index in [1.54, 1.807) is 0 Å². The van der Waals surface area contributed by atoms with Crippen molar-refractivity contribution in [3.05, 3.63) is 0 Å². The van der Waals surface area contributed by atoms with Gasteiger partial charge in [0.15, 0.2) is 62.9 Å². The highest BCUT2D eigenvalue weighted by Gasteiger charge is 2.63. The van der Waals surface area contributed by atoms with Crippen LogP contribution < -0.4 is 26.6 Å². The molecule has 54 atom stereocenters. The molecule has 0 unspecified atom stereocenters. The van der Waals surface area contributed by atoms with Gasteiger partial charge in [0.05, 0.1) is 84.3 Å². The number of hydrogen-bond acceptors (Lipinski definition) is 54. The maximum Gasteiger partial charge on any atom is 0.217 e. The smallest absolute Gasteiger partial charge is 0.217 e. The number of aliphatic hydroxyl groups is 29. The summed E-state index contributed by atoms with van der Waals surface area (Å²) >= 11 is 0. The third-order valence-electron chi connectivity index (χ3n) is 24.5. The Morgan fingerprint density at radius 2 is 0.593 bits per heavy atom. The third kappa shape index (κ3) is 25.8. The Kier molecular flexibility index (Phi) is 41.3. The van der Waals surface area contributed by atoms with Gasteiger partial charge in [0, 0.05) is 34.6 Å². The van der Waals surface area contributed by atoms with E-state index in [0.29, 0.717) is 0 Å². The zero-order valence-electron chi connectivity index (χ0n) is 73.4. The van der Waals surface area contributed by atoms with E-state index in [1.807, 2.05) is 0 Å². The monoisotopic (exact) mass is 1980 g/mol. The summed E-state index contributed by atoms with van der Waals surface area (Å²) in [5.41, 5.74) is 0. The van der Waals surface area contributed by atoms with Gasteiger partial charge >= 0.3 is 0 Å². The highest BCUT2D eigenvalue weighted by Crippen LogP contribution is 2.42. The Labute approximate surface area is 766 Å². The Hall–Kier alpha value is -4.61. The van der Waals surface area contributed by atoms with E-state index in [0.717, 1.165) is 34.6 Å². The lowest BCUT2D eigenvalue weighted by Crippen LogP contribution is -2.71. The first kappa shape index (κ1) is 112. The molecule has 10 saturated heterocycles. The van der Waals surface area contributed by atoms with Crippen LogP contribution in [0.1, 0.15) is 48.5 Å². The molecule has 0 aromatic heterocycles. The Bertz CT molecular complexity index is 3690. The van der Waals surface area contributed by atoms with Gasteiger partial charge in [-0.05, 0) is 13.8 Å². The molecule has 10 aliphatic rings. The molecule has 59 nitrogen and oxygen atoms in total. The molecule has 10 heterocycles. The quantitative estimate of drug-likeness (QED) is 0.0273. The summed E-state index contributed by atoms with van der Waals surface area (Å²) in [5, 5.41) is 340. The Morgan fingerprint density at radius 1 is 0.274 bits per heavy atom. The van der Waals surface area contributed by atoms with Crippen molar-refractivity contribution in [2.75, 3.05) is 66.1 Å². The number of hydrogen-bond donors (Lipinski definition) is 34. The maximum atomic E-state index is 13.7. The van der Waals surface area contributed by atoms with E-state index in [4.69, 9.17) is 94.7 Å². The molecular formula is C76H129N5O54. The second kappa shape index (κ2) is 49.6. The molecule has 10 fully saturated rings. The van der Waals surface area contributed by atoms with Crippen LogP contribution in [0.3, 0.4) is 0 Å². The van der Waals surface area contributed by atoms with Gasteiger partial charge in [-0.15, -0.1) is 0 Å². The van der Waals surface area contributed by atoms with E-state index in [-0.39, 0.29) is 0 Å². The molecule has 5 amide bonds. The third-order valence-corrected chi connectivity index (χ3v) is 24.5. The van der Waals surface area contributed by atoms with Gasteiger partial charge in [-0.25, -0.2) is 0 Å². The molecule has 0 aliphatic carbocycles. The molecule has 0 aromatic carbocycles. The lowest BCUT2D eigenvalue weighted by molar-refractivity contribution is -0.408. The second-order valence-electron chi connectivity index (χ2n) is 34.3. The molecular weight excluding hydrogens is 1850 g/mol. The van der Waals surface area contributed by atoms with E-state index in [9.17, 15) is 172 Å². The lowest BCUT2D eigenvalue weighted by Gasteiger charge is -2.52. The molecule has 782 valence electrons. The van der Waals surface area contributed by atoms with Crippen LogP contribution in [-0.4, -0.2) is 575 Å². The summed E-state index contributed by atoms with van der Waals surface area (Å²) in [6.45, 7) is -5.25. The molecule has 0 aromatic rings. The first-order valence-corrected chi connectivity index (χ1v) is 43.3.